The van der Waals surface area contributed by atoms with E-state index in [4.69, 9.17) is 0 Å². The normalized spacial score (nSPS) is 25.2. The molecule has 2 unspecified atom stereocenters. The fourth-order valence-corrected chi connectivity index (χ4v) is 2.62. The molecule has 2 rings (SSSR count). The maximum atomic E-state index is 10.1. The second-order valence-corrected chi connectivity index (χ2v) is 5.43. The van der Waals surface area contributed by atoms with E-state index in [0.29, 0.717) is 6.42 Å². The quantitative estimate of drug-likeness (QED) is 0.802. The summed E-state index contributed by atoms with van der Waals surface area (Å²) in [6, 6.07) is 8.25. The molecular weight excluding hydrogens is 200 g/mol. The van der Waals surface area contributed by atoms with Gasteiger partial charge in [0.05, 0.1) is 11.7 Å². The highest BCUT2D eigenvalue weighted by atomic mass is 16.3. The van der Waals surface area contributed by atoms with Crippen LogP contribution in [-0.4, -0.2) is 21.9 Å². The number of rotatable bonds is 2. The van der Waals surface area contributed by atoms with Crippen molar-refractivity contribution in [2.45, 2.75) is 50.7 Å². The van der Waals surface area contributed by atoms with Gasteiger partial charge in [0.15, 0.2) is 0 Å². The van der Waals surface area contributed by atoms with Crippen molar-refractivity contribution in [2.24, 2.45) is 0 Å². The maximum absolute atomic E-state index is 10.1. The van der Waals surface area contributed by atoms with Gasteiger partial charge in [-0.05, 0) is 44.2 Å². The van der Waals surface area contributed by atoms with Gasteiger partial charge in [-0.15, -0.1) is 0 Å². The summed E-state index contributed by atoms with van der Waals surface area (Å²) < 4.78 is 0. The summed E-state index contributed by atoms with van der Waals surface area (Å²) in [5.74, 6) is 0.0740. The van der Waals surface area contributed by atoms with E-state index in [1.807, 2.05) is 12.1 Å². The first-order chi connectivity index (χ1) is 7.47. The summed E-state index contributed by atoms with van der Waals surface area (Å²) >= 11 is 0. The van der Waals surface area contributed by atoms with Crippen molar-refractivity contribution in [3.05, 3.63) is 35.4 Å². The molecule has 1 aliphatic carbocycles. The zero-order valence-electron chi connectivity index (χ0n) is 9.98. The predicted molar refractivity (Wildman–Crippen MR) is 64.4 cm³/mol. The molecule has 2 atom stereocenters. The molecule has 0 aliphatic heterocycles. The van der Waals surface area contributed by atoms with E-state index in [1.54, 1.807) is 13.8 Å². The van der Waals surface area contributed by atoms with Crippen molar-refractivity contribution in [3.8, 4) is 0 Å². The van der Waals surface area contributed by atoms with Crippen LogP contribution in [0.1, 0.15) is 43.7 Å². The second-order valence-electron chi connectivity index (χ2n) is 5.43. The van der Waals surface area contributed by atoms with Gasteiger partial charge in [-0.1, -0.05) is 24.3 Å². The van der Waals surface area contributed by atoms with Gasteiger partial charge in [0.2, 0.25) is 0 Å². The predicted octanol–water partition coefficient (Wildman–Crippen LogP) is 2.24. The highest BCUT2D eigenvalue weighted by Gasteiger charge is 2.31. The van der Waals surface area contributed by atoms with Crippen LogP contribution in [0.2, 0.25) is 0 Å². The van der Waals surface area contributed by atoms with E-state index in [0.717, 1.165) is 12.8 Å². The Bertz CT molecular complexity index is 365. The zero-order chi connectivity index (χ0) is 11.8. The molecule has 0 saturated carbocycles. The van der Waals surface area contributed by atoms with Gasteiger partial charge in [-0.25, -0.2) is 0 Å². The fourth-order valence-electron chi connectivity index (χ4n) is 2.62. The van der Waals surface area contributed by atoms with Gasteiger partial charge < -0.3 is 10.2 Å². The first-order valence-electron chi connectivity index (χ1n) is 5.95. The maximum Gasteiger partial charge on any atom is 0.0613 e. The van der Waals surface area contributed by atoms with E-state index >= 15 is 0 Å². The molecule has 0 spiro atoms. The summed E-state index contributed by atoms with van der Waals surface area (Å²) in [5.41, 5.74) is 1.81. The molecule has 0 bridgehead atoms. The molecule has 2 N–H and O–H groups in total. The Labute approximate surface area is 96.9 Å². The number of benzene rings is 1. The summed E-state index contributed by atoms with van der Waals surface area (Å²) in [6.45, 7) is 3.61. The second kappa shape index (κ2) is 4.19. The lowest BCUT2D eigenvalue weighted by Crippen LogP contribution is -2.32. The average molecular weight is 220 g/mol. The largest absolute Gasteiger partial charge is 0.392 e. The van der Waals surface area contributed by atoms with Crippen LogP contribution in [0.25, 0.3) is 0 Å². The molecule has 1 aliphatic rings. The molecule has 1 aromatic carbocycles. The number of fused-ring (bicyclic) bond motifs is 1. The Morgan fingerprint density at radius 2 is 2.00 bits per heavy atom. The number of aryl methyl sites for hydroxylation is 1. The Hall–Kier alpha value is -0.860. The van der Waals surface area contributed by atoms with E-state index in [-0.39, 0.29) is 12.0 Å². The molecule has 0 fully saturated rings. The Kier molecular flexibility index (Phi) is 3.04. The SMILES string of the molecule is CC(C)(O)CC1c2ccccc2CCC1O. The monoisotopic (exact) mass is 220 g/mol. The zero-order valence-corrected chi connectivity index (χ0v) is 9.98. The van der Waals surface area contributed by atoms with Crippen LogP contribution in [-0.2, 0) is 6.42 Å². The van der Waals surface area contributed by atoms with Crippen molar-refractivity contribution in [2.75, 3.05) is 0 Å². The van der Waals surface area contributed by atoms with Gasteiger partial charge in [-0.3, -0.25) is 0 Å². The van der Waals surface area contributed by atoms with Gasteiger partial charge in [0.1, 0.15) is 0 Å². The summed E-state index contributed by atoms with van der Waals surface area (Å²) in [7, 11) is 0. The molecule has 2 heteroatoms. The van der Waals surface area contributed by atoms with Gasteiger partial charge >= 0.3 is 0 Å². The summed E-state index contributed by atoms with van der Waals surface area (Å²) in [5, 5.41) is 20.0. The first kappa shape index (κ1) is 11.6. The van der Waals surface area contributed by atoms with Crippen LogP contribution >= 0.6 is 0 Å². The number of aliphatic hydroxyl groups is 2. The highest BCUT2D eigenvalue weighted by Crippen LogP contribution is 2.36. The van der Waals surface area contributed by atoms with E-state index in [9.17, 15) is 10.2 Å². The van der Waals surface area contributed by atoms with Gasteiger partial charge in [-0.2, -0.15) is 0 Å². The number of aliphatic hydroxyl groups excluding tert-OH is 1. The topological polar surface area (TPSA) is 40.5 Å². The minimum absolute atomic E-state index is 0.0740. The lowest BCUT2D eigenvalue weighted by Gasteiger charge is -2.34. The molecule has 0 heterocycles. The van der Waals surface area contributed by atoms with Crippen LogP contribution in [0.15, 0.2) is 24.3 Å². The molecule has 0 amide bonds. The first-order valence-corrected chi connectivity index (χ1v) is 5.95. The highest BCUT2D eigenvalue weighted by molar-refractivity contribution is 5.34. The van der Waals surface area contributed by atoms with Crippen molar-refractivity contribution < 1.29 is 10.2 Å². The third-order valence-corrected chi connectivity index (χ3v) is 3.35. The average Bonchev–Trinajstić information content (AvgIpc) is 2.21. The molecule has 0 saturated heterocycles. The molecule has 2 nitrogen and oxygen atoms in total. The third-order valence-electron chi connectivity index (χ3n) is 3.35. The third kappa shape index (κ3) is 2.45. The molecule has 1 aromatic rings. The number of hydrogen-bond donors (Lipinski definition) is 2. The molecule has 88 valence electrons. The van der Waals surface area contributed by atoms with Gasteiger partial charge in [0.25, 0.3) is 0 Å². The molecular formula is C14H20O2. The summed E-state index contributed by atoms with van der Waals surface area (Å²) in [6.07, 6.45) is 2.05. The van der Waals surface area contributed by atoms with Crippen molar-refractivity contribution in [3.63, 3.8) is 0 Å². The fraction of sp³-hybridized carbons (Fsp3) is 0.571. The van der Waals surface area contributed by atoms with Crippen LogP contribution in [0, 0.1) is 0 Å². The van der Waals surface area contributed by atoms with Crippen molar-refractivity contribution >= 4 is 0 Å². The Morgan fingerprint density at radius 3 is 2.69 bits per heavy atom. The minimum Gasteiger partial charge on any atom is -0.392 e. The van der Waals surface area contributed by atoms with Crippen LogP contribution in [0.5, 0.6) is 0 Å². The molecule has 0 radical (unpaired) electrons. The lowest BCUT2D eigenvalue weighted by atomic mass is 9.76. The minimum atomic E-state index is -0.726. The summed E-state index contributed by atoms with van der Waals surface area (Å²) in [4.78, 5) is 0. The van der Waals surface area contributed by atoms with Crippen molar-refractivity contribution in [1.82, 2.24) is 0 Å². The molecule has 0 aromatic heterocycles. The van der Waals surface area contributed by atoms with Crippen LogP contribution < -0.4 is 0 Å². The van der Waals surface area contributed by atoms with Crippen LogP contribution in [0.4, 0.5) is 0 Å². The lowest BCUT2D eigenvalue weighted by molar-refractivity contribution is 0.0308. The Morgan fingerprint density at radius 1 is 1.31 bits per heavy atom. The van der Waals surface area contributed by atoms with Gasteiger partial charge in [0, 0.05) is 5.92 Å². The van der Waals surface area contributed by atoms with E-state index < -0.39 is 5.60 Å². The Balaban J connectivity index is 2.30. The van der Waals surface area contributed by atoms with E-state index in [1.165, 1.54) is 11.1 Å². The standard InChI is InChI=1S/C14H20O2/c1-14(2,16)9-12-11-6-4-3-5-10(11)7-8-13(12)15/h3-6,12-13,15-16H,7-9H2,1-2H3. The number of hydrogen-bond acceptors (Lipinski definition) is 2. The van der Waals surface area contributed by atoms with Crippen LogP contribution in [0.3, 0.4) is 0 Å². The van der Waals surface area contributed by atoms with Crippen molar-refractivity contribution in [1.29, 1.82) is 0 Å². The van der Waals surface area contributed by atoms with E-state index in [2.05, 4.69) is 12.1 Å². The smallest absolute Gasteiger partial charge is 0.0613 e. The molecule has 16 heavy (non-hydrogen) atoms.